The van der Waals surface area contributed by atoms with E-state index in [0.29, 0.717) is 17.2 Å². The van der Waals surface area contributed by atoms with Crippen molar-refractivity contribution in [2.24, 2.45) is 0 Å². The average molecular weight is 229 g/mol. The zero-order valence-electron chi connectivity index (χ0n) is 9.29. The molecular weight excluding hydrogens is 218 g/mol. The molecule has 4 heteroatoms. The fourth-order valence-corrected chi connectivity index (χ4v) is 1.35. The molecule has 0 aliphatic carbocycles. The van der Waals surface area contributed by atoms with E-state index in [-0.39, 0.29) is 0 Å². The molecule has 0 aliphatic rings. The van der Waals surface area contributed by atoms with Crippen molar-refractivity contribution in [2.45, 2.75) is 0 Å². The van der Waals surface area contributed by atoms with Gasteiger partial charge in [0.15, 0.2) is 0 Å². The lowest BCUT2D eigenvalue weighted by molar-refractivity contribution is 0.0598. The van der Waals surface area contributed by atoms with E-state index in [0.717, 1.165) is 0 Å². The third-order valence-corrected chi connectivity index (χ3v) is 2.14. The Balaban J connectivity index is 2.30. The van der Waals surface area contributed by atoms with Gasteiger partial charge in [-0.15, -0.1) is 0 Å². The molecule has 17 heavy (non-hydrogen) atoms. The van der Waals surface area contributed by atoms with Gasteiger partial charge in [0.05, 0.1) is 7.11 Å². The van der Waals surface area contributed by atoms with E-state index in [9.17, 15) is 4.79 Å². The fourth-order valence-electron chi connectivity index (χ4n) is 1.35. The molecule has 0 saturated heterocycles. The zero-order valence-corrected chi connectivity index (χ0v) is 9.29. The quantitative estimate of drug-likeness (QED) is 0.759. The first-order chi connectivity index (χ1) is 8.31. The monoisotopic (exact) mass is 229 g/mol. The minimum absolute atomic E-state index is 0.376. The van der Waals surface area contributed by atoms with Gasteiger partial charge in [-0.3, -0.25) is 0 Å². The first kappa shape index (κ1) is 11.1. The topological polar surface area (TPSA) is 48.4 Å². The molecule has 1 heterocycles. The normalized spacial score (nSPS) is 9.71. The van der Waals surface area contributed by atoms with E-state index in [1.54, 1.807) is 42.6 Å². The minimum Gasteiger partial charge on any atom is -0.465 e. The van der Waals surface area contributed by atoms with Crippen molar-refractivity contribution >= 4 is 5.97 Å². The van der Waals surface area contributed by atoms with Crippen LogP contribution in [0.3, 0.4) is 0 Å². The van der Waals surface area contributed by atoms with Gasteiger partial charge in [0, 0.05) is 12.3 Å². The van der Waals surface area contributed by atoms with Crippen LogP contribution in [0, 0.1) is 0 Å². The van der Waals surface area contributed by atoms with Crippen molar-refractivity contribution in [3.05, 3.63) is 54.2 Å². The molecule has 0 fully saturated rings. The van der Waals surface area contributed by atoms with Crippen LogP contribution < -0.4 is 4.74 Å². The predicted octanol–water partition coefficient (Wildman–Crippen LogP) is 2.66. The molecule has 0 bridgehead atoms. The number of methoxy groups -OCH3 is 1. The number of hydrogen-bond donors (Lipinski definition) is 0. The molecule has 2 aromatic rings. The summed E-state index contributed by atoms with van der Waals surface area (Å²) >= 11 is 0. The maximum absolute atomic E-state index is 11.5. The van der Waals surface area contributed by atoms with E-state index < -0.39 is 5.97 Å². The summed E-state index contributed by atoms with van der Waals surface area (Å²) in [5, 5.41) is 0. The van der Waals surface area contributed by atoms with E-state index in [1.165, 1.54) is 7.11 Å². The first-order valence-electron chi connectivity index (χ1n) is 5.07. The van der Waals surface area contributed by atoms with Crippen LogP contribution >= 0.6 is 0 Å². The number of rotatable bonds is 3. The number of nitrogens with zero attached hydrogens (tertiary/aromatic N) is 1. The molecule has 1 aromatic heterocycles. The first-order valence-corrected chi connectivity index (χ1v) is 5.07. The lowest BCUT2D eigenvalue weighted by Crippen LogP contribution is -2.03. The Morgan fingerprint density at radius 3 is 2.59 bits per heavy atom. The Morgan fingerprint density at radius 1 is 1.12 bits per heavy atom. The van der Waals surface area contributed by atoms with E-state index in [2.05, 4.69) is 9.72 Å². The second-order valence-corrected chi connectivity index (χ2v) is 3.26. The standard InChI is InChI=1S/C13H11NO3/c1-16-13(15)10-6-2-3-7-11(10)17-12-8-4-5-9-14-12/h2-9H,1H3. The summed E-state index contributed by atoms with van der Waals surface area (Å²) < 4.78 is 10.2. The molecule has 2 rings (SSSR count). The molecule has 0 atom stereocenters. The second kappa shape index (κ2) is 5.12. The molecule has 0 saturated carbocycles. The van der Waals surface area contributed by atoms with Gasteiger partial charge in [-0.05, 0) is 18.2 Å². The summed E-state index contributed by atoms with van der Waals surface area (Å²) in [6, 6.07) is 12.2. The number of esters is 1. The van der Waals surface area contributed by atoms with Crippen LogP contribution in [0.5, 0.6) is 11.6 Å². The van der Waals surface area contributed by atoms with Gasteiger partial charge in [-0.1, -0.05) is 18.2 Å². The largest absolute Gasteiger partial charge is 0.465 e. The number of hydrogen-bond acceptors (Lipinski definition) is 4. The number of carbonyl (C=O) groups is 1. The van der Waals surface area contributed by atoms with Crippen LogP contribution in [-0.2, 0) is 4.74 Å². The average Bonchev–Trinajstić information content (AvgIpc) is 2.40. The van der Waals surface area contributed by atoms with Crippen molar-refractivity contribution < 1.29 is 14.3 Å². The highest BCUT2D eigenvalue weighted by Crippen LogP contribution is 2.23. The van der Waals surface area contributed by atoms with Crippen molar-refractivity contribution in [3.8, 4) is 11.6 Å². The predicted molar refractivity (Wildman–Crippen MR) is 62.1 cm³/mol. The van der Waals surface area contributed by atoms with Crippen LogP contribution in [-0.4, -0.2) is 18.1 Å². The van der Waals surface area contributed by atoms with Crippen molar-refractivity contribution in [3.63, 3.8) is 0 Å². The zero-order chi connectivity index (χ0) is 12.1. The Hall–Kier alpha value is -2.36. The molecule has 0 N–H and O–H groups in total. The fraction of sp³-hybridized carbons (Fsp3) is 0.0769. The van der Waals surface area contributed by atoms with Crippen molar-refractivity contribution in [2.75, 3.05) is 7.11 Å². The molecule has 0 radical (unpaired) electrons. The Morgan fingerprint density at radius 2 is 1.88 bits per heavy atom. The van der Waals surface area contributed by atoms with Crippen LogP contribution in [0.15, 0.2) is 48.7 Å². The van der Waals surface area contributed by atoms with Gasteiger partial charge in [-0.2, -0.15) is 0 Å². The highest BCUT2D eigenvalue weighted by atomic mass is 16.5. The molecule has 4 nitrogen and oxygen atoms in total. The summed E-state index contributed by atoms with van der Waals surface area (Å²) in [6.45, 7) is 0. The lowest BCUT2D eigenvalue weighted by atomic mass is 10.2. The summed E-state index contributed by atoms with van der Waals surface area (Å²) in [5.74, 6) is 0.429. The van der Waals surface area contributed by atoms with Gasteiger partial charge in [0.2, 0.25) is 5.88 Å². The number of para-hydroxylation sites is 1. The van der Waals surface area contributed by atoms with Crippen LogP contribution in [0.2, 0.25) is 0 Å². The summed E-state index contributed by atoms with van der Waals surface area (Å²) in [4.78, 5) is 15.5. The van der Waals surface area contributed by atoms with E-state index in [4.69, 9.17) is 4.74 Å². The van der Waals surface area contributed by atoms with Crippen LogP contribution in [0.1, 0.15) is 10.4 Å². The Kier molecular flexibility index (Phi) is 3.35. The molecule has 0 amide bonds. The van der Waals surface area contributed by atoms with Crippen molar-refractivity contribution in [1.29, 1.82) is 0 Å². The number of benzene rings is 1. The summed E-state index contributed by atoms with van der Waals surface area (Å²) in [7, 11) is 1.33. The van der Waals surface area contributed by atoms with Gasteiger partial charge in [0.25, 0.3) is 0 Å². The Labute approximate surface area is 98.8 Å². The highest BCUT2D eigenvalue weighted by Gasteiger charge is 2.12. The second-order valence-electron chi connectivity index (χ2n) is 3.26. The van der Waals surface area contributed by atoms with Crippen LogP contribution in [0.25, 0.3) is 0 Å². The maximum atomic E-state index is 11.5. The van der Waals surface area contributed by atoms with Gasteiger partial charge >= 0.3 is 5.97 Å². The minimum atomic E-state index is -0.434. The molecule has 86 valence electrons. The highest BCUT2D eigenvalue weighted by molar-refractivity contribution is 5.92. The number of carbonyl (C=O) groups excluding carboxylic acids is 1. The van der Waals surface area contributed by atoms with Gasteiger partial charge < -0.3 is 9.47 Å². The smallest absolute Gasteiger partial charge is 0.341 e. The summed E-state index contributed by atoms with van der Waals surface area (Å²) in [5.41, 5.74) is 0.376. The molecule has 0 spiro atoms. The third kappa shape index (κ3) is 2.60. The van der Waals surface area contributed by atoms with Crippen molar-refractivity contribution in [1.82, 2.24) is 4.98 Å². The molecule has 0 unspecified atom stereocenters. The van der Waals surface area contributed by atoms with E-state index in [1.807, 2.05) is 6.07 Å². The van der Waals surface area contributed by atoms with Gasteiger partial charge in [-0.25, -0.2) is 9.78 Å². The lowest BCUT2D eigenvalue weighted by Gasteiger charge is -2.08. The third-order valence-electron chi connectivity index (χ3n) is 2.14. The van der Waals surface area contributed by atoms with E-state index >= 15 is 0 Å². The van der Waals surface area contributed by atoms with Crippen LogP contribution in [0.4, 0.5) is 0 Å². The maximum Gasteiger partial charge on any atom is 0.341 e. The number of pyridine rings is 1. The van der Waals surface area contributed by atoms with Gasteiger partial charge in [0.1, 0.15) is 11.3 Å². The number of ether oxygens (including phenoxy) is 2. The number of aromatic nitrogens is 1. The SMILES string of the molecule is COC(=O)c1ccccc1Oc1ccccn1. The summed E-state index contributed by atoms with van der Waals surface area (Å²) in [6.07, 6.45) is 1.62. The molecular formula is C13H11NO3. The molecule has 0 aliphatic heterocycles. The Bertz CT molecular complexity index is 511. The molecule has 1 aromatic carbocycles.